The summed E-state index contributed by atoms with van der Waals surface area (Å²) in [4.78, 5) is 16.4. The van der Waals surface area contributed by atoms with E-state index in [1.165, 1.54) is 0 Å². The first-order valence-corrected chi connectivity index (χ1v) is 11.2. The second-order valence-corrected chi connectivity index (χ2v) is 9.21. The van der Waals surface area contributed by atoms with Crippen LogP contribution in [-0.4, -0.2) is 33.2 Å². The van der Waals surface area contributed by atoms with E-state index in [9.17, 15) is 15.0 Å². The summed E-state index contributed by atoms with van der Waals surface area (Å²) in [5.74, 6) is -0.117. The summed E-state index contributed by atoms with van der Waals surface area (Å²) in [5.41, 5.74) is 1.82. The Hall–Kier alpha value is -1.30. The average Bonchev–Trinajstić information content (AvgIpc) is 3.06. The predicted molar refractivity (Wildman–Crippen MR) is 118 cm³/mol. The first kappa shape index (κ1) is 24.7. The van der Waals surface area contributed by atoms with E-state index in [2.05, 4.69) is 11.1 Å². The standard InChI is InChI=1S/C23H37NO3S/c1-15(2)22(26)18(5)23(27)16(3)11-9-7-8-10-12-21(25)17(4)13-20-14-28-19(6)24-20/h8,10,13-16,18,21,23,25,27H,7,9,11-12H2,1-6H3/b10-8-,17-13+/t16-,18-,21-,23-/m0/s1. The number of aromatic nitrogens is 1. The number of allylic oxidation sites excluding steroid dienone is 1. The van der Waals surface area contributed by atoms with Crippen LogP contribution in [0.5, 0.6) is 0 Å². The molecule has 0 saturated heterocycles. The summed E-state index contributed by atoms with van der Waals surface area (Å²) in [6, 6.07) is 0. The topological polar surface area (TPSA) is 70.4 Å². The Morgan fingerprint density at radius 3 is 2.46 bits per heavy atom. The Bertz CT molecular complexity index is 663. The first-order chi connectivity index (χ1) is 13.1. The lowest BCUT2D eigenvalue weighted by Crippen LogP contribution is -2.33. The highest BCUT2D eigenvalue weighted by molar-refractivity contribution is 7.09. The van der Waals surface area contributed by atoms with Gasteiger partial charge in [-0.15, -0.1) is 11.3 Å². The lowest BCUT2D eigenvalue weighted by molar-refractivity contribution is -0.129. The fraction of sp³-hybridized carbons (Fsp3) is 0.652. The predicted octanol–water partition coefficient (Wildman–Crippen LogP) is 5.19. The monoisotopic (exact) mass is 407 g/mol. The molecule has 0 aliphatic carbocycles. The highest BCUT2D eigenvalue weighted by Crippen LogP contribution is 2.22. The molecule has 5 heteroatoms. The number of aliphatic hydroxyl groups excluding tert-OH is 2. The summed E-state index contributed by atoms with van der Waals surface area (Å²) in [5, 5.41) is 23.7. The molecule has 0 aliphatic rings. The van der Waals surface area contributed by atoms with E-state index in [-0.39, 0.29) is 23.5 Å². The van der Waals surface area contributed by atoms with Gasteiger partial charge < -0.3 is 10.2 Å². The summed E-state index contributed by atoms with van der Waals surface area (Å²) >= 11 is 1.61. The van der Waals surface area contributed by atoms with E-state index < -0.39 is 12.2 Å². The van der Waals surface area contributed by atoms with Crippen LogP contribution in [0.1, 0.15) is 71.0 Å². The van der Waals surface area contributed by atoms with E-state index >= 15 is 0 Å². The van der Waals surface area contributed by atoms with Crippen LogP contribution < -0.4 is 0 Å². The van der Waals surface area contributed by atoms with Gasteiger partial charge in [-0.2, -0.15) is 0 Å². The first-order valence-electron chi connectivity index (χ1n) is 10.3. The van der Waals surface area contributed by atoms with Crippen LogP contribution >= 0.6 is 11.3 Å². The van der Waals surface area contributed by atoms with E-state index in [1.807, 2.05) is 59.1 Å². The quantitative estimate of drug-likeness (QED) is 0.369. The highest BCUT2D eigenvalue weighted by Gasteiger charge is 2.27. The van der Waals surface area contributed by atoms with Crippen molar-refractivity contribution in [3.05, 3.63) is 33.8 Å². The van der Waals surface area contributed by atoms with Gasteiger partial charge in [-0.05, 0) is 57.1 Å². The summed E-state index contributed by atoms with van der Waals surface area (Å²) in [6.07, 6.45) is 8.29. The molecule has 4 nitrogen and oxygen atoms in total. The molecule has 2 N–H and O–H groups in total. The maximum Gasteiger partial charge on any atom is 0.140 e. The molecule has 0 aromatic carbocycles. The van der Waals surface area contributed by atoms with Crippen LogP contribution in [0.3, 0.4) is 0 Å². The third-order valence-corrected chi connectivity index (χ3v) is 6.00. The van der Waals surface area contributed by atoms with Gasteiger partial charge in [0.1, 0.15) is 5.78 Å². The summed E-state index contributed by atoms with van der Waals surface area (Å²) in [7, 11) is 0. The molecule has 0 bridgehead atoms. The van der Waals surface area contributed by atoms with Crippen molar-refractivity contribution in [1.82, 2.24) is 4.98 Å². The smallest absolute Gasteiger partial charge is 0.140 e. The van der Waals surface area contributed by atoms with Crippen LogP contribution in [0.15, 0.2) is 23.1 Å². The number of hydrogen-bond donors (Lipinski definition) is 2. The Labute approximate surface area is 174 Å². The molecule has 0 radical (unpaired) electrons. The molecule has 0 aliphatic heterocycles. The number of rotatable bonds is 12. The van der Waals surface area contributed by atoms with Gasteiger partial charge in [0, 0.05) is 17.2 Å². The summed E-state index contributed by atoms with van der Waals surface area (Å²) in [6.45, 7) is 11.5. The molecule has 0 fully saturated rings. The molecule has 28 heavy (non-hydrogen) atoms. The average molecular weight is 408 g/mol. The van der Waals surface area contributed by atoms with Gasteiger partial charge in [-0.1, -0.05) is 39.8 Å². The van der Waals surface area contributed by atoms with Gasteiger partial charge in [0.05, 0.1) is 22.9 Å². The van der Waals surface area contributed by atoms with Gasteiger partial charge in [0.15, 0.2) is 0 Å². The van der Waals surface area contributed by atoms with Crippen molar-refractivity contribution in [2.45, 2.75) is 79.4 Å². The van der Waals surface area contributed by atoms with E-state index in [0.717, 1.165) is 35.5 Å². The van der Waals surface area contributed by atoms with E-state index in [4.69, 9.17) is 0 Å². The van der Waals surface area contributed by atoms with Gasteiger partial charge in [0.2, 0.25) is 0 Å². The minimum atomic E-state index is -0.581. The van der Waals surface area contributed by atoms with Crippen LogP contribution in [-0.2, 0) is 4.79 Å². The number of aryl methyl sites for hydroxylation is 1. The van der Waals surface area contributed by atoms with Crippen molar-refractivity contribution < 1.29 is 15.0 Å². The number of ketones is 1. The number of aliphatic hydroxyl groups is 2. The van der Waals surface area contributed by atoms with Crippen LogP contribution in [0.25, 0.3) is 6.08 Å². The molecule has 0 saturated carbocycles. The fourth-order valence-electron chi connectivity index (χ4n) is 3.22. The zero-order valence-corrected chi connectivity index (χ0v) is 19.0. The number of unbranched alkanes of at least 4 members (excludes halogenated alkanes) is 1. The molecule has 1 heterocycles. The molecule has 158 valence electrons. The van der Waals surface area contributed by atoms with Gasteiger partial charge in [-0.3, -0.25) is 4.79 Å². The molecule has 1 aromatic rings. The number of thiazole rings is 1. The highest BCUT2D eigenvalue weighted by atomic mass is 32.1. The molecule has 0 spiro atoms. The maximum atomic E-state index is 12.0. The fourth-order valence-corrected chi connectivity index (χ4v) is 3.79. The zero-order valence-electron chi connectivity index (χ0n) is 18.2. The van der Waals surface area contributed by atoms with Crippen molar-refractivity contribution in [3.8, 4) is 0 Å². The Balaban J connectivity index is 2.32. The summed E-state index contributed by atoms with van der Waals surface area (Å²) < 4.78 is 0. The second kappa shape index (κ2) is 12.3. The Kier molecular flexibility index (Phi) is 10.9. The largest absolute Gasteiger partial charge is 0.392 e. The number of hydrogen-bond acceptors (Lipinski definition) is 5. The maximum absolute atomic E-state index is 12.0. The SMILES string of the molecule is C/C(=C\c1csc(C)n1)[C@@H](O)C/C=C\CCC[C@H](C)[C@H](O)[C@@H](C)C(=O)C(C)C. The van der Waals surface area contributed by atoms with Gasteiger partial charge in [0.25, 0.3) is 0 Å². The number of Topliss-reactive ketones (excluding diaryl/α,β-unsaturated/α-hetero) is 1. The van der Waals surface area contributed by atoms with Crippen molar-refractivity contribution in [2.24, 2.45) is 17.8 Å². The van der Waals surface area contributed by atoms with E-state index in [1.54, 1.807) is 11.3 Å². The van der Waals surface area contributed by atoms with Gasteiger partial charge in [-0.25, -0.2) is 4.98 Å². The molecule has 0 unspecified atom stereocenters. The molecule has 1 rings (SSSR count). The van der Waals surface area contributed by atoms with Gasteiger partial charge >= 0.3 is 0 Å². The Morgan fingerprint density at radius 2 is 1.89 bits per heavy atom. The Morgan fingerprint density at radius 1 is 1.21 bits per heavy atom. The third-order valence-electron chi connectivity index (χ3n) is 5.21. The zero-order chi connectivity index (χ0) is 21.3. The number of carbonyl (C=O) groups excluding carboxylic acids is 1. The number of carbonyl (C=O) groups is 1. The molecular weight excluding hydrogens is 370 g/mol. The molecule has 0 amide bonds. The lowest BCUT2D eigenvalue weighted by atomic mass is 9.84. The third kappa shape index (κ3) is 8.38. The lowest BCUT2D eigenvalue weighted by Gasteiger charge is -2.25. The van der Waals surface area contributed by atoms with Crippen molar-refractivity contribution >= 4 is 23.2 Å². The minimum absolute atomic E-state index is 0.0387. The minimum Gasteiger partial charge on any atom is -0.392 e. The van der Waals surface area contributed by atoms with Crippen molar-refractivity contribution in [3.63, 3.8) is 0 Å². The van der Waals surface area contributed by atoms with Crippen LogP contribution in [0, 0.1) is 24.7 Å². The second-order valence-electron chi connectivity index (χ2n) is 8.15. The molecule has 1 aromatic heterocycles. The van der Waals surface area contributed by atoms with Crippen molar-refractivity contribution in [1.29, 1.82) is 0 Å². The van der Waals surface area contributed by atoms with Crippen LogP contribution in [0.4, 0.5) is 0 Å². The number of nitrogens with zero attached hydrogens (tertiary/aromatic N) is 1. The van der Waals surface area contributed by atoms with E-state index in [0.29, 0.717) is 6.42 Å². The molecular formula is C23H37NO3S. The molecule has 4 atom stereocenters. The van der Waals surface area contributed by atoms with Crippen LogP contribution in [0.2, 0.25) is 0 Å². The van der Waals surface area contributed by atoms with Crippen molar-refractivity contribution in [2.75, 3.05) is 0 Å². The normalized spacial score (nSPS) is 17.1.